The fourth-order valence-electron chi connectivity index (χ4n) is 4.82. The maximum atomic E-state index is 10.6. The molecule has 102 valence electrons. The Morgan fingerprint density at radius 2 is 2.05 bits per heavy atom. The van der Waals surface area contributed by atoms with E-state index in [2.05, 4.69) is 24.3 Å². The van der Waals surface area contributed by atoms with E-state index in [-0.39, 0.29) is 12.2 Å². The number of aliphatic hydroxyl groups is 1. The Morgan fingerprint density at radius 3 is 3.00 bits per heavy atom. The van der Waals surface area contributed by atoms with Gasteiger partial charge in [0.15, 0.2) is 0 Å². The first kappa shape index (κ1) is 11.9. The first-order valence-corrected chi connectivity index (χ1v) is 7.68. The lowest BCUT2D eigenvalue weighted by atomic mass is 9.57. The summed E-state index contributed by atoms with van der Waals surface area (Å²) in [6.07, 6.45) is 6.88. The van der Waals surface area contributed by atoms with E-state index in [0.717, 1.165) is 25.9 Å². The predicted octanol–water partition coefficient (Wildman–Crippen LogP) is 3.24. The maximum absolute atomic E-state index is 10.6. The van der Waals surface area contributed by atoms with Crippen molar-refractivity contribution in [3.8, 4) is 0 Å². The number of benzene rings is 1. The van der Waals surface area contributed by atoms with Crippen LogP contribution < -0.4 is 0 Å². The molecule has 1 unspecified atom stereocenters. The van der Waals surface area contributed by atoms with E-state index in [1.54, 1.807) is 0 Å². The van der Waals surface area contributed by atoms with Crippen molar-refractivity contribution >= 4 is 0 Å². The highest BCUT2D eigenvalue weighted by Crippen LogP contribution is 2.57. The Balaban J connectivity index is 1.85. The molecule has 1 saturated heterocycles. The van der Waals surface area contributed by atoms with Crippen molar-refractivity contribution in [2.24, 2.45) is 11.3 Å². The van der Waals surface area contributed by atoms with Gasteiger partial charge in [-0.25, -0.2) is 0 Å². The second kappa shape index (κ2) is 4.32. The highest BCUT2D eigenvalue weighted by Gasteiger charge is 2.53. The Labute approximate surface area is 114 Å². The molecular weight excluding hydrogens is 236 g/mol. The molecule has 0 aromatic heterocycles. The summed E-state index contributed by atoms with van der Waals surface area (Å²) in [6, 6.07) is 8.70. The zero-order valence-corrected chi connectivity index (χ0v) is 11.3. The smallest absolute Gasteiger partial charge is 0.0885 e. The van der Waals surface area contributed by atoms with Crippen LogP contribution in [-0.2, 0) is 11.2 Å². The van der Waals surface area contributed by atoms with E-state index in [0.29, 0.717) is 11.3 Å². The quantitative estimate of drug-likeness (QED) is 0.774. The first-order chi connectivity index (χ1) is 9.30. The minimum Gasteiger partial charge on any atom is -0.393 e. The lowest BCUT2D eigenvalue weighted by Crippen LogP contribution is -2.50. The number of hydrogen-bond donors (Lipinski definition) is 1. The summed E-state index contributed by atoms with van der Waals surface area (Å²) >= 11 is 0. The minimum atomic E-state index is -0.179. The van der Waals surface area contributed by atoms with Crippen molar-refractivity contribution in [2.75, 3.05) is 6.61 Å². The fraction of sp³-hybridized carbons (Fsp3) is 0.647. The van der Waals surface area contributed by atoms with Crippen molar-refractivity contribution in [3.63, 3.8) is 0 Å². The normalized spacial score (nSPS) is 41.0. The largest absolute Gasteiger partial charge is 0.393 e. The van der Waals surface area contributed by atoms with Crippen molar-refractivity contribution < 1.29 is 9.84 Å². The van der Waals surface area contributed by atoms with E-state index >= 15 is 0 Å². The summed E-state index contributed by atoms with van der Waals surface area (Å²) in [5, 5.41) is 10.6. The summed E-state index contributed by atoms with van der Waals surface area (Å²) in [5.41, 5.74) is 3.09. The van der Waals surface area contributed by atoms with Crippen LogP contribution in [-0.4, -0.2) is 17.8 Å². The maximum Gasteiger partial charge on any atom is 0.0885 e. The molecule has 3 aliphatic rings. The summed E-state index contributed by atoms with van der Waals surface area (Å²) in [6.45, 7) is 0.863. The molecule has 0 spiro atoms. The summed E-state index contributed by atoms with van der Waals surface area (Å²) < 4.78 is 6.11. The third-order valence-corrected chi connectivity index (χ3v) is 5.67. The van der Waals surface area contributed by atoms with Crippen LogP contribution in [0.5, 0.6) is 0 Å². The van der Waals surface area contributed by atoms with Crippen molar-refractivity contribution in [1.29, 1.82) is 0 Å². The van der Waals surface area contributed by atoms with E-state index < -0.39 is 0 Å². The van der Waals surface area contributed by atoms with Crippen LogP contribution >= 0.6 is 0 Å². The standard InChI is InChI=1S/C17H22O2/c18-14-7-3-4-8-17-9-10-19-16(15(14)17)13-6-2-1-5-12(13)11-17/h1-2,5-6,14-16,18H,3-4,7-11H2/t14?,15-,16+,17-/m0/s1. The Kier molecular flexibility index (Phi) is 2.71. The van der Waals surface area contributed by atoms with E-state index in [9.17, 15) is 5.11 Å². The van der Waals surface area contributed by atoms with Crippen LogP contribution in [0.4, 0.5) is 0 Å². The van der Waals surface area contributed by atoms with Gasteiger partial charge in [-0.15, -0.1) is 0 Å². The molecular formula is C17H22O2. The molecule has 1 aromatic carbocycles. The van der Waals surface area contributed by atoms with E-state index in [1.165, 1.54) is 30.4 Å². The molecule has 19 heavy (non-hydrogen) atoms. The molecule has 2 aliphatic carbocycles. The first-order valence-electron chi connectivity index (χ1n) is 7.68. The van der Waals surface area contributed by atoms with Gasteiger partial charge >= 0.3 is 0 Å². The van der Waals surface area contributed by atoms with E-state index in [4.69, 9.17) is 4.74 Å². The third kappa shape index (κ3) is 1.70. The molecule has 1 aliphatic heterocycles. The second-order valence-corrected chi connectivity index (χ2v) is 6.62. The van der Waals surface area contributed by atoms with Gasteiger partial charge in [0.05, 0.1) is 12.2 Å². The van der Waals surface area contributed by atoms with Gasteiger partial charge < -0.3 is 9.84 Å². The van der Waals surface area contributed by atoms with Gasteiger partial charge in [-0.2, -0.15) is 0 Å². The number of hydrogen-bond acceptors (Lipinski definition) is 2. The fourth-order valence-corrected chi connectivity index (χ4v) is 4.82. The van der Waals surface area contributed by atoms with Crippen LogP contribution in [0.2, 0.25) is 0 Å². The molecule has 1 aromatic rings. The second-order valence-electron chi connectivity index (χ2n) is 6.62. The molecule has 1 heterocycles. The Hall–Kier alpha value is -0.860. The summed E-state index contributed by atoms with van der Waals surface area (Å²) in [7, 11) is 0. The van der Waals surface area contributed by atoms with Crippen molar-refractivity contribution in [2.45, 2.75) is 50.7 Å². The molecule has 4 atom stereocenters. The number of rotatable bonds is 0. The van der Waals surface area contributed by atoms with Crippen molar-refractivity contribution in [3.05, 3.63) is 35.4 Å². The third-order valence-electron chi connectivity index (χ3n) is 5.67. The van der Waals surface area contributed by atoms with Crippen LogP contribution in [0.3, 0.4) is 0 Å². The lowest BCUT2D eigenvalue weighted by Gasteiger charge is -2.53. The zero-order valence-electron chi connectivity index (χ0n) is 11.3. The SMILES string of the molecule is OC1CCCC[C@]23CCO[C@H](c4ccccc4C2)[C@H]13. The van der Waals surface area contributed by atoms with E-state index in [1.807, 2.05) is 0 Å². The molecule has 2 nitrogen and oxygen atoms in total. The molecule has 2 bridgehead atoms. The monoisotopic (exact) mass is 258 g/mol. The molecule has 0 radical (unpaired) electrons. The number of ether oxygens (including phenoxy) is 1. The predicted molar refractivity (Wildman–Crippen MR) is 73.9 cm³/mol. The van der Waals surface area contributed by atoms with Crippen LogP contribution in [0.1, 0.15) is 49.3 Å². The van der Waals surface area contributed by atoms with Gasteiger partial charge in [-0.3, -0.25) is 0 Å². The van der Waals surface area contributed by atoms with Gasteiger partial charge in [-0.1, -0.05) is 37.1 Å². The zero-order chi connectivity index (χ0) is 12.9. The lowest BCUT2D eigenvalue weighted by molar-refractivity contribution is -0.153. The van der Waals surface area contributed by atoms with Gasteiger partial charge in [0.25, 0.3) is 0 Å². The van der Waals surface area contributed by atoms with Crippen LogP contribution in [0.15, 0.2) is 24.3 Å². The molecule has 2 heteroatoms. The van der Waals surface area contributed by atoms with Crippen LogP contribution in [0, 0.1) is 11.3 Å². The van der Waals surface area contributed by atoms with Gasteiger partial charge in [-0.05, 0) is 42.2 Å². The average molecular weight is 258 g/mol. The minimum absolute atomic E-state index is 0.131. The van der Waals surface area contributed by atoms with Gasteiger partial charge in [0.1, 0.15) is 0 Å². The molecule has 4 rings (SSSR count). The van der Waals surface area contributed by atoms with Gasteiger partial charge in [0, 0.05) is 12.5 Å². The highest BCUT2D eigenvalue weighted by molar-refractivity contribution is 5.35. The highest BCUT2D eigenvalue weighted by atomic mass is 16.5. The summed E-state index contributed by atoms with van der Waals surface area (Å²) in [5.74, 6) is 0.318. The topological polar surface area (TPSA) is 29.5 Å². The molecule has 0 amide bonds. The summed E-state index contributed by atoms with van der Waals surface area (Å²) in [4.78, 5) is 0. The Bertz CT molecular complexity index is 484. The molecule has 2 fully saturated rings. The average Bonchev–Trinajstić information content (AvgIpc) is 2.59. The number of aliphatic hydroxyl groups excluding tert-OH is 1. The molecule has 1 N–H and O–H groups in total. The van der Waals surface area contributed by atoms with Crippen LogP contribution in [0.25, 0.3) is 0 Å². The van der Waals surface area contributed by atoms with Crippen molar-refractivity contribution in [1.82, 2.24) is 0 Å². The number of fused-ring (bicyclic) bond motifs is 2. The molecule has 1 saturated carbocycles. The van der Waals surface area contributed by atoms with Gasteiger partial charge in [0.2, 0.25) is 0 Å². The Morgan fingerprint density at radius 1 is 1.16 bits per heavy atom.